The first-order valence-corrected chi connectivity index (χ1v) is 9.88. The summed E-state index contributed by atoms with van der Waals surface area (Å²) in [5, 5.41) is 0.765. The number of nitrogens with two attached hydrogens (primary N) is 1. The van der Waals surface area contributed by atoms with E-state index in [1.165, 1.54) is 9.75 Å². The third-order valence-corrected chi connectivity index (χ3v) is 6.38. The molecule has 27 heavy (non-hydrogen) atoms. The maximum absolute atomic E-state index is 12.3. The number of thiophene rings is 1. The first kappa shape index (κ1) is 22.5. The van der Waals surface area contributed by atoms with Crippen molar-refractivity contribution < 1.29 is 4.79 Å². The summed E-state index contributed by atoms with van der Waals surface area (Å²) in [7, 11) is 0. The second kappa shape index (κ2) is 9.12. The van der Waals surface area contributed by atoms with E-state index in [2.05, 4.69) is 23.1 Å². The molecule has 1 aliphatic carbocycles. The molecule has 0 spiro atoms. The van der Waals surface area contributed by atoms with E-state index in [4.69, 9.17) is 17.3 Å². The van der Waals surface area contributed by atoms with Crippen LogP contribution >= 0.6 is 47.8 Å². The quantitative estimate of drug-likeness (QED) is 0.767. The molecule has 0 unspecified atom stereocenters. The maximum atomic E-state index is 12.3. The largest absolute Gasteiger partial charge is 0.339 e. The molecular weight excluding hydrogens is 425 g/mol. The van der Waals surface area contributed by atoms with E-state index in [9.17, 15) is 4.79 Å². The van der Waals surface area contributed by atoms with Gasteiger partial charge in [-0.25, -0.2) is 0 Å². The van der Waals surface area contributed by atoms with Crippen LogP contribution in [-0.4, -0.2) is 47.4 Å². The Labute approximate surface area is 181 Å². The Morgan fingerprint density at radius 1 is 1.11 bits per heavy atom. The molecule has 1 saturated heterocycles. The lowest BCUT2D eigenvalue weighted by Crippen LogP contribution is -2.53. The number of hydrogen-bond acceptors (Lipinski definition) is 4. The Hall–Kier alpha value is -0.820. The Morgan fingerprint density at radius 2 is 1.81 bits per heavy atom. The molecule has 8 heteroatoms. The van der Waals surface area contributed by atoms with Crippen molar-refractivity contribution >= 4 is 53.7 Å². The Kier molecular flexibility index (Phi) is 7.59. The van der Waals surface area contributed by atoms with Crippen LogP contribution in [-0.2, 0) is 11.3 Å². The van der Waals surface area contributed by atoms with Gasteiger partial charge in [-0.3, -0.25) is 9.69 Å². The predicted octanol–water partition coefficient (Wildman–Crippen LogP) is 4.05. The number of piperazine rings is 1. The summed E-state index contributed by atoms with van der Waals surface area (Å²) in [6.45, 7) is 4.31. The Bertz CT molecular complexity index is 786. The summed E-state index contributed by atoms with van der Waals surface area (Å²) in [5.74, 6) is 0.145. The number of hydrogen-bond donors (Lipinski definition) is 1. The Balaban J connectivity index is 0.00000131. The molecule has 2 aromatic rings. The number of nitrogens with zero attached hydrogens (tertiary/aromatic N) is 2. The van der Waals surface area contributed by atoms with Crippen LogP contribution in [0.1, 0.15) is 17.7 Å². The standard InChI is InChI=1S/C19H22ClN3OS.2ClH/c20-15-3-1-2-14(12-15)17-5-4-16(25-17)13-22-8-10-23(11-9-22)18(24)19(21)6-7-19;;/h1-5,12H,6-11,13,21H2;2*1H. The minimum Gasteiger partial charge on any atom is -0.339 e. The molecule has 2 aliphatic rings. The zero-order valence-corrected chi connectivity index (χ0v) is 18.1. The molecule has 2 heterocycles. The van der Waals surface area contributed by atoms with Crippen LogP contribution in [0.3, 0.4) is 0 Å². The topological polar surface area (TPSA) is 49.6 Å². The Morgan fingerprint density at radius 3 is 2.44 bits per heavy atom. The van der Waals surface area contributed by atoms with Gasteiger partial charge in [0.2, 0.25) is 5.91 Å². The van der Waals surface area contributed by atoms with E-state index in [1.54, 1.807) is 0 Å². The number of benzene rings is 1. The number of carbonyl (C=O) groups excluding carboxylic acids is 1. The zero-order valence-electron chi connectivity index (χ0n) is 14.9. The normalized spacial score (nSPS) is 18.4. The molecule has 4 rings (SSSR count). The third kappa shape index (κ3) is 5.17. The first-order valence-electron chi connectivity index (χ1n) is 8.69. The van der Waals surface area contributed by atoms with Gasteiger partial charge >= 0.3 is 0 Å². The van der Waals surface area contributed by atoms with E-state index < -0.39 is 5.54 Å². The van der Waals surface area contributed by atoms with Crippen molar-refractivity contribution in [3.05, 3.63) is 46.3 Å². The van der Waals surface area contributed by atoms with Gasteiger partial charge in [0.15, 0.2) is 0 Å². The monoisotopic (exact) mass is 447 g/mol. The van der Waals surface area contributed by atoms with Crippen molar-refractivity contribution in [2.24, 2.45) is 5.73 Å². The highest BCUT2D eigenvalue weighted by atomic mass is 35.5. The fourth-order valence-electron chi connectivity index (χ4n) is 3.25. The summed E-state index contributed by atoms with van der Waals surface area (Å²) < 4.78 is 0. The van der Waals surface area contributed by atoms with Crippen LogP contribution in [0.2, 0.25) is 5.02 Å². The van der Waals surface area contributed by atoms with E-state index in [0.717, 1.165) is 56.2 Å². The van der Waals surface area contributed by atoms with Crippen LogP contribution < -0.4 is 5.73 Å². The average molecular weight is 449 g/mol. The van der Waals surface area contributed by atoms with Gasteiger partial charge in [0.25, 0.3) is 0 Å². The highest BCUT2D eigenvalue weighted by molar-refractivity contribution is 7.15. The van der Waals surface area contributed by atoms with E-state index in [1.807, 2.05) is 34.4 Å². The second-order valence-electron chi connectivity index (χ2n) is 7.00. The molecule has 0 radical (unpaired) electrons. The van der Waals surface area contributed by atoms with Crippen molar-refractivity contribution in [1.82, 2.24) is 9.80 Å². The number of halogens is 3. The fourth-order valence-corrected chi connectivity index (χ4v) is 4.49. The minimum absolute atomic E-state index is 0. The number of rotatable bonds is 4. The molecule has 1 aromatic carbocycles. The van der Waals surface area contributed by atoms with Crippen LogP contribution in [0.4, 0.5) is 0 Å². The average Bonchev–Trinajstić information content (AvgIpc) is 3.19. The lowest BCUT2D eigenvalue weighted by molar-refractivity contribution is -0.135. The summed E-state index contributed by atoms with van der Waals surface area (Å²) in [5.41, 5.74) is 6.66. The van der Waals surface area contributed by atoms with Crippen molar-refractivity contribution in [2.45, 2.75) is 24.9 Å². The van der Waals surface area contributed by atoms with Gasteiger partial charge in [0, 0.05) is 47.5 Å². The molecule has 1 aromatic heterocycles. The van der Waals surface area contributed by atoms with Crippen LogP contribution in [0, 0.1) is 0 Å². The van der Waals surface area contributed by atoms with Gasteiger partial charge < -0.3 is 10.6 Å². The van der Waals surface area contributed by atoms with Gasteiger partial charge in [0.1, 0.15) is 0 Å². The van der Waals surface area contributed by atoms with Crippen molar-refractivity contribution in [3.8, 4) is 10.4 Å². The minimum atomic E-state index is -0.540. The summed E-state index contributed by atoms with van der Waals surface area (Å²) in [6, 6.07) is 12.3. The lowest BCUT2D eigenvalue weighted by atomic mass is 10.2. The fraction of sp³-hybridized carbons (Fsp3) is 0.421. The number of carbonyl (C=O) groups is 1. The van der Waals surface area contributed by atoms with Crippen molar-refractivity contribution in [2.75, 3.05) is 26.2 Å². The zero-order chi connectivity index (χ0) is 17.4. The SMILES string of the molecule is Cl.Cl.NC1(C(=O)N2CCN(Cc3ccc(-c4cccc(Cl)c4)s3)CC2)CC1. The van der Waals surface area contributed by atoms with E-state index in [0.29, 0.717) is 0 Å². The molecule has 0 bridgehead atoms. The second-order valence-corrected chi connectivity index (χ2v) is 8.61. The molecule has 2 N–H and O–H groups in total. The van der Waals surface area contributed by atoms with Crippen LogP contribution in [0.15, 0.2) is 36.4 Å². The molecule has 148 valence electrons. The summed E-state index contributed by atoms with van der Waals surface area (Å²) in [6.07, 6.45) is 1.68. The maximum Gasteiger partial charge on any atom is 0.242 e. The van der Waals surface area contributed by atoms with E-state index >= 15 is 0 Å². The van der Waals surface area contributed by atoms with Crippen molar-refractivity contribution in [3.63, 3.8) is 0 Å². The van der Waals surface area contributed by atoms with Gasteiger partial charge in [-0.15, -0.1) is 36.2 Å². The van der Waals surface area contributed by atoms with Crippen LogP contribution in [0.5, 0.6) is 0 Å². The van der Waals surface area contributed by atoms with Gasteiger partial charge in [-0.05, 0) is 42.7 Å². The smallest absolute Gasteiger partial charge is 0.242 e. The highest BCUT2D eigenvalue weighted by Crippen LogP contribution is 2.34. The van der Waals surface area contributed by atoms with Gasteiger partial charge in [-0.2, -0.15) is 0 Å². The third-order valence-electron chi connectivity index (χ3n) is 5.02. The predicted molar refractivity (Wildman–Crippen MR) is 117 cm³/mol. The van der Waals surface area contributed by atoms with E-state index in [-0.39, 0.29) is 30.7 Å². The molecule has 1 aliphatic heterocycles. The first-order chi connectivity index (χ1) is 12.0. The van der Waals surface area contributed by atoms with Crippen LogP contribution in [0.25, 0.3) is 10.4 Å². The molecule has 2 fully saturated rings. The highest BCUT2D eigenvalue weighted by Gasteiger charge is 2.48. The molecular formula is C19H24Cl3N3OS. The molecule has 1 saturated carbocycles. The molecule has 4 nitrogen and oxygen atoms in total. The molecule has 0 atom stereocenters. The van der Waals surface area contributed by atoms with Gasteiger partial charge in [-0.1, -0.05) is 23.7 Å². The summed E-state index contributed by atoms with van der Waals surface area (Å²) >= 11 is 7.90. The van der Waals surface area contributed by atoms with Crippen molar-refractivity contribution in [1.29, 1.82) is 0 Å². The number of amides is 1. The summed E-state index contributed by atoms with van der Waals surface area (Å²) in [4.78, 5) is 19.2. The molecule has 1 amide bonds. The van der Waals surface area contributed by atoms with Gasteiger partial charge in [0.05, 0.1) is 5.54 Å². The lowest BCUT2D eigenvalue weighted by Gasteiger charge is -2.35.